The Kier molecular flexibility index (Phi) is 5.21. The number of phenolic OH excluding ortho intramolecular Hbond substituents is 1. The summed E-state index contributed by atoms with van der Waals surface area (Å²) in [5, 5.41) is 22.7. The van der Waals surface area contributed by atoms with Gasteiger partial charge in [0.2, 0.25) is 11.0 Å². The summed E-state index contributed by atoms with van der Waals surface area (Å²) < 4.78 is 11.3. The minimum Gasteiger partial charge on any atom is -0.504 e. The second-order valence-electron chi connectivity index (χ2n) is 6.22. The Bertz CT molecular complexity index is 999. The molecule has 4 rings (SSSR count). The number of fused-ring (bicyclic) bond motifs is 3. The van der Waals surface area contributed by atoms with Crippen LogP contribution >= 0.6 is 11.8 Å². The number of ether oxygens (including phenoxy) is 2. The van der Waals surface area contributed by atoms with Crippen LogP contribution in [0.4, 0.5) is 5.69 Å². The monoisotopic (exact) mass is 396 g/mol. The summed E-state index contributed by atoms with van der Waals surface area (Å²) in [5.41, 5.74) is 3.04. The van der Waals surface area contributed by atoms with Crippen LogP contribution in [0.5, 0.6) is 17.4 Å². The number of hydrogen-bond donors (Lipinski definition) is 2. The van der Waals surface area contributed by atoms with E-state index in [0.29, 0.717) is 22.5 Å². The van der Waals surface area contributed by atoms with E-state index in [-0.39, 0.29) is 5.75 Å². The zero-order chi connectivity index (χ0) is 19.5. The van der Waals surface area contributed by atoms with Gasteiger partial charge in [0.25, 0.3) is 0 Å². The minimum atomic E-state index is -0.556. The highest BCUT2D eigenvalue weighted by molar-refractivity contribution is 7.99. The first-order chi connectivity index (χ1) is 13.7. The van der Waals surface area contributed by atoms with Gasteiger partial charge < -0.3 is 19.9 Å². The highest BCUT2D eigenvalue weighted by atomic mass is 32.2. The summed E-state index contributed by atoms with van der Waals surface area (Å²) in [6, 6.07) is 12.9. The van der Waals surface area contributed by atoms with E-state index in [2.05, 4.69) is 27.4 Å². The molecule has 1 aliphatic rings. The molecule has 8 heteroatoms. The number of aromatic hydroxyl groups is 1. The van der Waals surface area contributed by atoms with Gasteiger partial charge in [-0.25, -0.2) is 0 Å². The first kappa shape index (κ1) is 18.4. The molecular weight excluding hydrogens is 376 g/mol. The topological polar surface area (TPSA) is 89.4 Å². The van der Waals surface area contributed by atoms with E-state index in [1.165, 1.54) is 7.11 Å². The lowest BCUT2D eigenvalue weighted by atomic mass is 10.1. The SMILES string of the molecule is CCCSc1nnc2c(n1)O[C@H](c1ccc(OC)c(O)c1)Nc1ccccc1-2. The molecule has 0 aliphatic carbocycles. The Labute approximate surface area is 167 Å². The van der Waals surface area contributed by atoms with Crippen LogP contribution in [0.2, 0.25) is 0 Å². The number of benzene rings is 2. The van der Waals surface area contributed by atoms with Gasteiger partial charge in [-0.3, -0.25) is 0 Å². The number of nitrogens with one attached hydrogen (secondary N) is 1. The first-order valence-corrected chi connectivity index (χ1v) is 9.95. The van der Waals surface area contributed by atoms with Gasteiger partial charge in [0, 0.05) is 22.6 Å². The summed E-state index contributed by atoms with van der Waals surface area (Å²) in [5.74, 6) is 1.76. The Morgan fingerprint density at radius 3 is 2.86 bits per heavy atom. The normalized spacial score (nSPS) is 14.9. The average Bonchev–Trinajstić information content (AvgIpc) is 2.88. The van der Waals surface area contributed by atoms with Crippen molar-refractivity contribution in [3.05, 3.63) is 48.0 Å². The number of anilines is 1. The van der Waals surface area contributed by atoms with Gasteiger partial charge in [0.1, 0.15) is 0 Å². The molecule has 1 aliphatic heterocycles. The molecule has 3 aromatic rings. The predicted octanol–water partition coefficient (Wildman–Crippen LogP) is 4.26. The fourth-order valence-corrected chi connectivity index (χ4v) is 3.56. The number of thioether (sulfide) groups is 1. The van der Waals surface area contributed by atoms with Crippen molar-refractivity contribution in [2.24, 2.45) is 0 Å². The molecule has 0 saturated carbocycles. The maximum atomic E-state index is 10.2. The molecule has 0 saturated heterocycles. The number of aromatic nitrogens is 3. The smallest absolute Gasteiger partial charge is 0.247 e. The van der Waals surface area contributed by atoms with Gasteiger partial charge >= 0.3 is 0 Å². The molecule has 0 fully saturated rings. The van der Waals surface area contributed by atoms with E-state index < -0.39 is 6.23 Å². The first-order valence-electron chi connectivity index (χ1n) is 8.96. The molecule has 0 amide bonds. The van der Waals surface area contributed by atoms with Gasteiger partial charge in [0.15, 0.2) is 23.4 Å². The Morgan fingerprint density at radius 1 is 1.21 bits per heavy atom. The zero-order valence-electron chi connectivity index (χ0n) is 15.5. The van der Waals surface area contributed by atoms with E-state index in [4.69, 9.17) is 9.47 Å². The molecule has 2 heterocycles. The number of phenols is 1. The molecule has 0 radical (unpaired) electrons. The van der Waals surface area contributed by atoms with Crippen LogP contribution < -0.4 is 14.8 Å². The standard InChI is InChI=1S/C20H20N4O3S/c1-3-10-28-20-22-19-17(23-24-20)13-6-4-5-7-14(13)21-18(27-19)12-8-9-16(26-2)15(25)11-12/h4-9,11,18,21,25H,3,10H2,1-2H3/t18-/m1/s1. The molecule has 1 aromatic heterocycles. The lowest BCUT2D eigenvalue weighted by molar-refractivity contribution is 0.224. The van der Waals surface area contributed by atoms with Crippen molar-refractivity contribution >= 4 is 17.4 Å². The van der Waals surface area contributed by atoms with Crippen molar-refractivity contribution in [2.45, 2.75) is 24.7 Å². The lowest BCUT2D eigenvalue weighted by Gasteiger charge is -2.20. The van der Waals surface area contributed by atoms with Crippen LogP contribution in [0.3, 0.4) is 0 Å². The van der Waals surface area contributed by atoms with E-state index in [9.17, 15) is 5.11 Å². The van der Waals surface area contributed by atoms with Crippen molar-refractivity contribution in [3.63, 3.8) is 0 Å². The molecular formula is C20H20N4O3S. The van der Waals surface area contributed by atoms with E-state index in [1.54, 1.807) is 23.9 Å². The fourth-order valence-electron chi connectivity index (χ4n) is 2.92. The molecule has 0 bridgehead atoms. The third kappa shape index (κ3) is 3.55. The van der Waals surface area contributed by atoms with Crippen LogP contribution in [-0.4, -0.2) is 33.2 Å². The molecule has 144 valence electrons. The minimum absolute atomic E-state index is 0.0446. The quantitative estimate of drug-likeness (QED) is 0.619. The Morgan fingerprint density at radius 2 is 2.07 bits per heavy atom. The van der Waals surface area contributed by atoms with E-state index in [1.807, 2.05) is 30.3 Å². The van der Waals surface area contributed by atoms with E-state index >= 15 is 0 Å². The van der Waals surface area contributed by atoms with Crippen LogP contribution in [0.25, 0.3) is 11.3 Å². The van der Waals surface area contributed by atoms with Crippen molar-refractivity contribution in [3.8, 4) is 28.6 Å². The summed E-state index contributed by atoms with van der Waals surface area (Å²) >= 11 is 1.54. The second kappa shape index (κ2) is 7.93. The van der Waals surface area contributed by atoms with Crippen molar-refractivity contribution in [1.29, 1.82) is 0 Å². The number of hydrogen-bond acceptors (Lipinski definition) is 8. The van der Waals surface area contributed by atoms with E-state index in [0.717, 1.165) is 29.0 Å². The van der Waals surface area contributed by atoms with Gasteiger partial charge in [-0.05, 0) is 30.7 Å². The lowest BCUT2D eigenvalue weighted by Crippen LogP contribution is -2.17. The molecule has 2 N–H and O–H groups in total. The van der Waals surface area contributed by atoms with Gasteiger partial charge in [-0.15, -0.1) is 10.2 Å². The Hall–Kier alpha value is -3.00. The molecule has 7 nitrogen and oxygen atoms in total. The molecule has 28 heavy (non-hydrogen) atoms. The summed E-state index contributed by atoms with van der Waals surface area (Å²) in [6.07, 6.45) is 0.462. The van der Waals surface area contributed by atoms with Crippen LogP contribution in [0.15, 0.2) is 47.6 Å². The maximum Gasteiger partial charge on any atom is 0.247 e. The molecule has 2 aromatic carbocycles. The highest BCUT2D eigenvalue weighted by Gasteiger charge is 2.26. The molecule has 1 atom stereocenters. The third-order valence-corrected chi connectivity index (χ3v) is 5.32. The largest absolute Gasteiger partial charge is 0.504 e. The van der Waals surface area contributed by atoms with Crippen molar-refractivity contribution in [1.82, 2.24) is 15.2 Å². The predicted molar refractivity (Wildman–Crippen MR) is 108 cm³/mol. The highest BCUT2D eigenvalue weighted by Crippen LogP contribution is 2.40. The number of methoxy groups -OCH3 is 1. The number of rotatable bonds is 5. The zero-order valence-corrected chi connectivity index (χ0v) is 16.4. The third-order valence-electron chi connectivity index (χ3n) is 4.27. The fraction of sp³-hybridized carbons (Fsp3) is 0.250. The summed E-state index contributed by atoms with van der Waals surface area (Å²) in [7, 11) is 1.51. The van der Waals surface area contributed by atoms with Crippen LogP contribution in [0, 0.1) is 0 Å². The van der Waals surface area contributed by atoms with Crippen molar-refractivity contribution < 1.29 is 14.6 Å². The van der Waals surface area contributed by atoms with Gasteiger partial charge in [0.05, 0.1) is 7.11 Å². The van der Waals surface area contributed by atoms with Crippen LogP contribution in [0.1, 0.15) is 25.1 Å². The average molecular weight is 396 g/mol. The van der Waals surface area contributed by atoms with Gasteiger partial charge in [-0.1, -0.05) is 36.9 Å². The second-order valence-corrected chi connectivity index (χ2v) is 7.28. The molecule has 0 unspecified atom stereocenters. The van der Waals surface area contributed by atoms with Gasteiger partial charge in [-0.2, -0.15) is 4.98 Å². The number of nitrogens with zero attached hydrogens (tertiary/aromatic N) is 3. The Balaban J connectivity index is 1.77. The van der Waals surface area contributed by atoms with Crippen LogP contribution in [-0.2, 0) is 0 Å². The number of para-hydroxylation sites is 1. The summed E-state index contributed by atoms with van der Waals surface area (Å²) in [6.45, 7) is 2.10. The molecule has 0 spiro atoms. The maximum absolute atomic E-state index is 10.2. The summed E-state index contributed by atoms with van der Waals surface area (Å²) in [4.78, 5) is 4.58. The van der Waals surface area contributed by atoms with Crippen molar-refractivity contribution in [2.75, 3.05) is 18.2 Å².